The molecular weight excluding hydrogens is 381 g/mol. The number of aromatic nitrogens is 2. The number of nitrogens with one attached hydrogen (secondary N) is 1. The Labute approximate surface area is 154 Å². The van der Waals surface area contributed by atoms with Gasteiger partial charge < -0.3 is 4.98 Å². The molecule has 9 heteroatoms. The maximum atomic E-state index is 15.1. The molecule has 2 aromatic heterocycles. The summed E-state index contributed by atoms with van der Waals surface area (Å²) in [4.78, 5) is 19.8. The zero-order chi connectivity index (χ0) is 19.1. The maximum absolute atomic E-state index is 15.1. The molecule has 0 aliphatic rings. The molecule has 0 saturated carbocycles. The summed E-state index contributed by atoms with van der Waals surface area (Å²) < 4.78 is 38.6. The molecule has 3 N–H and O–H groups in total. The SMILES string of the molecule is CCC(c1ccc(Cl)c(C(=O)c2c[nH]c3ncccc23)c1F)S(N)(=O)=O. The molecule has 136 valence electrons. The minimum absolute atomic E-state index is 0.0576. The Bertz CT molecular complexity index is 1110. The number of rotatable bonds is 5. The van der Waals surface area contributed by atoms with Gasteiger partial charge in [-0.1, -0.05) is 24.6 Å². The molecule has 0 saturated heterocycles. The Morgan fingerprint density at radius 3 is 2.77 bits per heavy atom. The van der Waals surface area contributed by atoms with E-state index in [-0.39, 0.29) is 22.6 Å². The number of nitrogens with two attached hydrogens (primary N) is 1. The van der Waals surface area contributed by atoms with Crippen molar-refractivity contribution in [3.63, 3.8) is 0 Å². The molecule has 0 spiro atoms. The van der Waals surface area contributed by atoms with E-state index >= 15 is 4.39 Å². The first-order valence-corrected chi connectivity index (χ1v) is 9.70. The van der Waals surface area contributed by atoms with E-state index in [1.54, 1.807) is 25.3 Å². The zero-order valence-electron chi connectivity index (χ0n) is 13.7. The van der Waals surface area contributed by atoms with Gasteiger partial charge in [-0.05, 0) is 24.6 Å². The van der Waals surface area contributed by atoms with Crippen molar-refractivity contribution in [1.82, 2.24) is 9.97 Å². The summed E-state index contributed by atoms with van der Waals surface area (Å²) in [7, 11) is -4.04. The minimum Gasteiger partial charge on any atom is -0.345 e. The third-order valence-electron chi connectivity index (χ3n) is 4.16. The van der Waals surface area contributed by atoms with Gasteiger partial charge in [0.2, 0.25) is 10.0 Å². The number of aromatic amines is 1. The Kier molecular flexibility index (Phi) is 4.83. The molecule has 1 atom stereocenters. The highest BCUT2D eigenvalue weighted by molar-refractivity contribution is 7.89. The van der Waals surface area contributed by atoms with Crippen LogP contribution in [0.1, 0.15) is 40.1 Å². The second-order valence-electron chi connectivity index (χ2n) is 5.74. The van der Waals surface area contributed by atoms with E-state index in [1.165, 1.54) is 18.3 Å². The lowest BCUT2D eigenvalue weighted by Crippen LogP contribution is -2.23. The first-order chi connectivity index (χ1) is 12.3. The molecule has 0 amide bonds. The fourth-order valence-electron chi connectivity index (χ4n) is 2.93. The van der Waals surface area contributed by atoms with Crippen LogP contribution in [0.2, 0.25) is 5.02 Å². The third kappa shape index (κ3) is 3.11. The number of nitrogens with zero attached hydrogens (tertiary/aromatic N) is 1. The number of benzene rings is 1. The van der Waals surface area contributed by atoms with Crippen molar-refractivity contribution in [1.29, 1.82) is 0 Å². The number of carbonyl (C=O) groups excluding carboxylic acids is 1. The first-order valence-electron chi connectivity index (χ1n) is 7.72. The fourth-order valence-corrected chi connectivity index (χ4v) is 4.17. The van der Waals surface area contributed by atoms with Crippen molar-refractivity contribution in [3.8, 4) is 0 Å². The number of sulfonamides is 1. The molecule has 3 aromatic rings. The highest BCUT2D eigenvalue weighted by atomic mass is 35.5. The molecule has 0 radical (unpaired) electrons. The lowest BCUT2D eigenvalue weighted by molar-refractivity contribution is 0.103. The predicted octanol–water partition coefficient (Wildman–Crippen LogP) is 3.33. The number of primary sulfonamides is 1. The number of carbonyl (C=O) groups is 1. The Morgan fingerprint density at radius 1 is 1.38 bits per heavy atom. The molecule has 2 heterocycles. The fraction of sp³-hybridized carbons (Fsp3) is 0.176. The summed E-state index contributed by atoms with van der Waals surface area (Å²) >= 11 is 6.06. The van der Waals surface area contributed by atoms with Crippen LogP contribution < -0.4 is 5.14 Å². The van der Waals surface area contributed by atoms with Gasteiger partial charge in [0, 0.05) is 28.9 Å². The number of fused-ring (bicyclic) bond motifs is 1. The highest BCUT2D eigenvalue weighted by Crippen LogP contribution is 2.33. The van der Waals surface area contributed by atoms with Crippen molar-refractivity contribution in [2.24, 2.45) is 5.14 Å². The van der Waals surface area contributed by atoms with Gasteiger partial charge in [0.15, 0.2) is 5.78 Å². The van der Waals surface area contributed by atoms with Crippen LogP contribution in [-0.2, 0) is 10.0 Å². The molecule has 26 heavy (non-hydrogen) atoms. The molecule has 1 aromatic carbocycles. The standard InChI is InChI=1S/C17H15ClFN3O3S/c1-2-13(26(20,24)25)10-5-6-12(18)14(15(10)19)16(23)11-8-22-17-9(11)4-3-7-21-17/h3-8,13H,2H2,1H3,(H,21,22)(H2,20,24,25). The maximum Gasteiger partial charge on any atom is 0.216 e. The molecular formula is C17H15ClFN3O3S. The minimum atomic E-state index is -4.04. The van der Waals surface area contributed by atoms with Gasteiger partial charge in [-0.15, -0.1) is 0 Å². The van der Waals surface area contributed by atoms with Crippen LogP contribution in [0.4, 0.5) is 4.39 Å². The van der Waals surface area contributed by atoms with Gasteiger partial charge in [-0.2, -0.15) is 0 Å². The Hall–Kier alpha value is -2.29. The molecule has 0 bridgehead atoms. The van der Waals surface area contributed by atoms with Crippen LogP contribution in [0.3, 0.4) is 0 Å². The number of pyridine rings is 1. The normalized spacial score (nSPS) is 13.1. The van der Waals surface area contributed by atoms with Crippen LogP contribution in [-0.4, -0.2) is 24.2 Å². The van der Waals surface area contributed by atoms with Crippen molar-refractivity contribution in [2.45, 2.75) is 18.6 Å². The number of ketones is 1. The first kappa shape index (κ1) is 18.5. The van der Waals surface area contributed by atoms with E-state index in [0.29, 0.717) is 11.0 Å². The van der Waals surface area contributed by atoms with Crippen molar-refractivity contribution in [2.75, 3.05) is 0 Å². The predicted molar refractivity (Wildman–Crippen MR) is 97.1 cm³/mol. The van der Waals surface area contributed by atoms with Gasteiger partial charge in [-0.25, -0.2) is 22.9 Å². The van der Waals surface area contributed by atoms with Crippen molar-refractivity contribution in [3.05, 3.63) is 64.2 Å². The number of H-pyrrole nitrogens is 1. The Morgan fingerprint density at radius 2 is 2.12 bits per heavy atom. The summed E-state index contributed by atoms with van der Waals surface area (Å²) in [6.45, 7) is 1.57. The van der Waals surface area contributed by atoms with E-state index in [2.05, 4.69) is 9.97 Å². The molecule has 0 fully saturated rings. The van der Waals surface area contributed by atoms with E-state index in [4.69, 9.17) is 16.7 Å². The summed E-state index contributed by atoms with van der Waals surface area (Å²) in [5.74, 6) is -1.65. The Balaban J connectivity index is 2.19. The quantitative estimate of drug-likeness (QED) is 0.646. The summed E-state index contributed by atoms with van der Waals surface area (Å²) in [6.07, 6.45) is 3.03. The lowest BCUT2D eigenvalue weighted by Gasteiger charge is -2.16. The van der Waals surface area contributed by atoms with E-state index in [1.807, 2.05) is 0 Å². The number of hydrogen-bond donors (Lipinski definition) is 2. The lowest BCUT2D eigenvalue weighted by atomic mass is 9.98. The smallest absolute Gasteiger partial charge is 0.216 e. The molecule has 1 unspecified atom stereocenters. The zero-order valence-corrected chi connectivity index (χ0v) is 15.2. The van der Waals surface area contributed by atoms with Gasteiger partial charge in [-0.3, -0.25) is 4.79 Å². The van der Waals surface area contributed by atoms with E-state index in [0.717, 1.165) is 0 Å². The number of hydrogen-bond acceptors (Lipinski definition) is 4. The van der Waals surface area contributed by atoms with Gasteiger partial charge in [0.25, 0.3) is 0 Å². The van der Waals surface area contributed by atoms with Gasteiger partial charge in [0.1, 0.15) is 16.7 Å². The third-order valence-corrected chi connectivity index (χ3v) is 5.85. The topological polar surface area (TPSA) is 106 Å². The van der Waals surface area contributed by atoms with Gasteiger partial charge in [0.05, 0.1) is 10.6 Å². The summed E-state index contributed by atoms with van der Waals surface area (Å²) in [5, 5.41) is 4.33. The second-order valence-corrected chi connectivity index (χ2v) is 7.90. The highest BCUT2D eigenvalue weighted by Gasteiger charge is 2.30. The van der Waals surface area contributed by atoms with Crippen LogP contribution in [0, 0.1) is 5.82 Å². The molecule has 6 nitrogen and oxygen atoms in total. The monoisotopic (exact) mass is 395 g/mol. The molecule has 3 rings (SSSR count). The van der Waals surface area contributed by atoms with E-state index < -0.39 is 32.4 Å². The van der Waals surface area contributed by atoms with E-state index in [9.17, 15) is 13.2 Å². The average molecular weight is 396 g/mol. The molecule has 0 aliphatic carbocycles. The van der Waals surface area contributed by atoms with Crippen LogP contribution in [0.15, 0.2) is 36.7 Å². The molecule has 0 aliphatic heterocycles. The number of halogens is 2. The van der Waals surface area contributed by atoms with Crippen LogP contribution in [0.5, 0.6) is 0 Å². The largest absolute Gasteiger partial charge is 0.345 e. The van der Waals surface area contributed by atoms with Crippen molar-refractivity contribution >= 4 is 38.4 Å². The van der Waals surface area contributed by atoms with Gasteiger partial charge >= 0.3 is 0 Å². The second kappa shape index (κ2) is 6.79. The van der Waals surface area contributed by atoms with Crippen LogP contribution >= 0.6 is 11.6 Å². The average Bonchev–Trinajstić information content (AvgIpc) is 3.00. The summed E-state index contributed by atoms with van der Waals surface area (Å²) in [5.41, 5.74) is 0.0888. The van der Waals surface area contributed by atoms with Crippen molar-refractivity contribution < 1.29 is 17.6 Å². The summed E-state index contributed by atoms with van der Waals surface area (Å²) in [6, 6.07) is 5.86. The van der Waals surface area contributed by atoms with Crippen LogP contribution in [0.25, 0.3) is 11.0 Å².